The van der Waals surface area contributed by atoms with Gasteiger partial charge in [0.25, 0.3) is 0 Å². The number of ether oxygens (including phenoxy) is 2. The summed E-state index contributed by atoms with van der Waals surface area (Å²) in [6, 6.07) is 14.7. The van der Waals surface area contributed by atoms with Gasteiger partial charge in [0, 0.05) is 5.56 Å². The van der Waals surface area contributed by atoms with Crippen LogP contribution in [0.4, 0.5) is 13.2 Å². The van der Waals surface area contributed by atoms with Gasteiger partial charge in [0.1, 0.15) is 6.10 Å². The van der Waals surface area contributed by atoms with Gasteiger partial charge in [-0.2, -0.15) is 0 Å². The minimum Gasteiger partial charge on any atom is -0.491 e. The third kappa shape index (κ3) is 5.11. The van der Waals surface area contributed by atoms with Crippen molar-refractivity contribution in [2.75, 3.05) is 6.61 Å². The van der Waals surface area contributed by atoms with Gasteiger partial charge in [-0.15, -0.1) is 0 Å². The van der Waals surface area contributed by atoms with E-state index in [0.29, 0.717) is 37.9 Å². The molecule has 6 heteroatoms. The molecule has 0 atom stereocenters. The van der Waals surface area contributed by atoms with Gasteiger partial charge in [0.2, 0.25) is 0 Å². The second-order valence-corrected chi connectivity index (χ2v) is 8.66. The Kier molecular flexibility index (Phi) is 7.25. The van der Waals surface area contributed by atoms with Gasteiger partial charge < -0.3 is 9.47 Å². The second-order valence-electron chi connectivity index (χ2n) is 8.66. The molecule has 3 aromatic rings. The molecule has 0 heterocycles. The first-order valence-electron chi connectivity index (χ1n) is 11.6. The normalized spacial score (nSPS) is 17.9. The number of hydrogen-bond acceptors (Lipinski definition) is 3. The summed E-state index contributed by atoms with van der Waals surface area (Å²) in [6.07, 6.45) is 2.15. The van der Waals surface area contributed by atoms with Crippen LogP contribution < -0.4 is 4.74 Å². The van der Waals surface area contributed by atoms with Crippen LogP contribution in [0.1, 0.15) is 60.0 Å². The molecule has 0 amide bonds. The first kappa shape index (κ1) is 23.9. The summed E-state index contributed by atoms with van der Waals surface area (Å²) in [5.41, 5.74) is 2.10. The predicted octanol–water partition coefficient (Wildman–Crippen LogP) is 7.36. The fourth-order valence-electron chi connectivity index (χ4n) is 4.44. The van der Waals surface area contributed by atoms with Crippen molar-refractivity contribution >= 4 is 5.97 Å². The van der Waals surface area contributed by atoms with Crippen molar-refractivity contribution < 1.29 is 27.4 Å². The summed E-state index contributed by atoms with van der Waals surface area (Å²) < 4.78 is 54.4. The standard InChI is InChI=1S/C28H27F3O3/c1-3-33-25-15-10-20(16-24(25)29)18-8-11-21(12-9-18)34-28(32)23-14-13-22(26(30)27(23)31)19-6-4-17(2)5-7-19/h4-7,10,13-16,18,21H,3,8-9,11-12H2,1-2H3. The monoisotopic (exact) mass is 468 g/mol. The van der Waals surface area contributed by atoms with Crippen LogP contribution in [0.25, 0.3) is 11.1 Å². The molecule has 1 aliphatic rings. The van der Waals surface area contributed by atoms with Crippen LogP contribution in [-0.4, -0.2) is 18.7 Å². The average Bonchev–Trinajstić information content (AvgIpc) is 2.83. The van der Waals surface area contributed by atoms with E-state index in [0.717, 1.165) is 11.1 Å². The Hall–Kier alpha value is -3.28. The highest BCUT2D eigenvalue weighted by molar-refractivity contribution is 5.90. The lowest BCUT2D eigenvalue weighted by molar-refractivity contribution is 0.0189. The summed E-state index contributed by atoms with van der Waals surface area (Å²) in [4.78, 5) is 12.6. The Labute approximate surface area is 197 Å². The fraction of sp³-hybridized carbons (Fsp3) is 0.321. The Morgan fingerprint density at radius 1 is 0.912 bits per heavy atom. The van der Waals surface area contributed by atoms with Crippen LogP contribution in [0.2, 0.25) is 0 Å². The Balaban J connectivity index is 1.39. The van der Waals surface area contributed by atoms with Crippen LogP contribution in [0.15, 0.2) is 54.6 Å². The van der Waals surface area contributed by atoms with Crippen LogP contribution in [0.3, 0.4) is 0 Å². The molecule has 1 fully saturated rings. The highest BCUT2D eigenvalue weighted by Crippen LogP contribution is 2.36. The lowest BCUT2D eigenvalue weighted by Gasteiger charge is -2.28. The van der Waals surface area contributed by atoms with E-state index in [4.69, 9.17) is 9.47 Å². The molecule has 4 rings (SSSR count). The molecule has 0 aromatic heterocycles. The van der Waals surface area contributed by atoms with Crippen molar-refractivity contribution in [3.05, 3.63) is 88.7 Å². The Bertz CT molecular complexity index is 1170. The van der Waals surface area contributed by atoms with Crippen molar-refractivity contribution in [3.8, 4) is 16.9 Å². The maximum Gasteiger partial charge on any atom is 0.341 e. The van der Waals surface area contributed by atoms with Crippen molar-refractivity contribution in [2.24, 2.45) is 0 Å². The zero-order chi connectivity index (χ0) is 24.2. The van der Waals surface area contributed by atoms with Crippen molar-refractivity contribution in [1.82, 2.24) is 0 Å². The number of carbonyl (C=O) groups is 1. The first-order valence-corrected chi connectivity index (χ1v) is 11.6. The van der Waals surface area contributed by atoms with Crippen molar-refractivity contribution in [1.29, 1.82) is 0 Å². The molecule has 178 valence electrons. The summed E-state index contributed by atoms with van der Waals surface area (Å²) >= 11 is 0. The molecular formula is C28H27F3O3. The van der Waals surface area contributed by atoms with E-state index in [1.165, 1.54) is 18.2 Å². The largest absolute Gasteiger partial charge is 0.491 e. The lowest BCUT2D eigenvalue weighted by Crippen LogP contribution is -2.24. The molecule has 3 aromatic carbocycles. The van der Waals surface area contributed by atoms with Crippen molar-refractivity contribution in [2.45, 2.75) is 51.6 Å². The lowest BCUT2D eigenvalue weighted by atomic mass is 9.82. The third-order valence-corrected chi connectivity index (χ3v) is 6.34. The van der Waals surface area contributed by atoms with E-state index in [2.05, 4.69) is 0 Å². The predicted molar refractivity (Wildman–Crippen MR) is 125 cm³/mol. The molecule has 0 bridgehead atoms. The zero-order valence-corrected chi connectivity index (χ0v) is 19.2. The topological polar surface area (TPSA) is 35.5 Å². The quantitative estimate of drug-likeness (QED) is 0.355. The zero-order valence-electron chi connectivity index (χ0n) is 19.2. The molecule has 1 aliphatic carbocycles. The minimum absolute atomic E-state index is 0.0946. The van der Waals surface area contributed by atoms with Crippen LogP contribution in [-0.2, 0) is 4.74 Å². The van der Waals surface area contributed by atoms with Gasteiger partial charge in [-0.05, 0) is 74.8 Å². The third-order valence-electron chi connectivity index (χ3n) is 6.34. The van der Waals surface area contributed by atoms with Crippen LogP contribution >= 0.6 is 0 Å². The van der Waals surface area contributed by atoms with E-state index in [1.54, 1.807) is 25.1 Å². The van der Waals surface area contributed by atoms with E-state index >= 15 is 0 Å². The molecule has 0 unspecified atom stereocenters. The van der Waals surface area contributed by atoms with E-state index in [1.807, 2.05) is 25.1 Å². The van der Waals surface area contributed by atoms with Gasteiger partial charge in [0.05, 0.1) is 12.2 Å². The van der Waals surface area contributed by atoms with Gasteiger partial charge in [0.15, 0.2) is 23.2 Å². The van der Waals surface area contributed by atoms with E-state index < -0.39 is 29.3 Å². The molecule has 0 N–H and O–H groups in total. The maximum atomic E-state index is 14.7. The smallest absolute Gasteiger partial charge is 0.341 e. The van der Waals surface area contributed by atoms with Gasteiger partial charge in [-0.1, -0.05) is 42.0 Å². The van der Waals surface area contributed by atoms with Crippen molar-refractivity contribution in [3.63, 3.8) is 0 Å². The average molecular weight is 469 g/mol. The number of benzene rings is 3. The minimum atomic E-state index is -1.21. The summed E-state index contributed by atoms with van der Waals surface area (Å²) in [5.74, 6) is -3.16. The highest BCUT2D eigenvalue weighted by atomic mass is 19.2. The molecular weight excluding hydrogens is 441 g/mol. The summed E-state index contributed by atoms with van der Waals surface area (Å²) in [7, 11) is 0. The highest BCUT2D eigenvalue weighted by Gasteiger charge is 2.28. The SMILES string of the molecule is CCOc1ccc(C2CCC(OC(=O)c3ccc(-c4ccc(C)cc4)c(F)c3F)CC2)cc1F. The summed E-state index contributed by atoms with van der Waals surface area (Å²) in [5, 5.41) is 0. The number of hydrogen-bond donors (Lipinski definition) is 0. The first-order chi connectivity index (χ1) is 16.4. The number of aryl methyl sites for hydroxylation is 1. The molecule has 3 nitrogen and oxygen atoms in total. The molecule has 1 saturated carbocycles. The number of carbonyl (C=O) groups excluding carboxylic acids is 1. The van der Waals surface area contributed by atoms with Crippen LogP contribution in [0, 0.1) is 24.4 Å². The van der Waals surface area contributed by atoms with Gasteiger partial charge in [-0.25, -0.2) is 18.0 Å². The Morgan fingerprint density at radius 2 is 1.62 bits per heavy atom. The fourth-order valence-corrected chi connectivity index (χ4v) is 4.44. The van der Waals surface area contributed by atoms with Crippen LogP contribution in [0.5, 0.6) is 5.75 Å². The summed E-state index contributed by atoms with van der Waals surface area (Å²) in [6.45, 7) is 4.10. The molecule has 0 radical (unpaired) electrons. The number of halogens is 3. The Morgan fingerprint density at radius 3 is 2.26 bits per heavy atom. The molecule has 34 heavy (non-hydrogen) atoms. The van der Waals surface area contributed by atoms with Gasteiger partial charge >= 0.3 is 5.97 Å². The van der Waals surface area contributed by atoms with Gasteiger partial charge in [-0.3, -0.25) is 0 Å². The molecule has 0 spiro atoms. The number of rotatable bonds is 6. The number of esters is 1. The molecule has 0 aliphatic heterocycles. The second kappa shape index (κ2) is 10.3. The molecule has 0 saturated heterocycles. The maximum absolute atomic E-state index is 14.7. The van der Waals surface area contributed by atoms with E-state index in [-0.39, 0.29) is 23.0 Å². The van der Waals surface area contributed by atoms with E-state index in [9.17, 15) is 18.0 Å².